The van der Waals surface area contributed by atoms with Crippen LogP contribution in [-0.2, 0) is 28.6 Å². The van der Waals surface area contributed by atoms with Gasteiger partial charge in [-0.3, -0.25) is 14.4 Å². The Morgan fingerprint density at radius 1 is 0.452 bits per heavy atom. The Kier molecular flexibility index (Phi) is 29.7. The Hall–Kier alpha value is -1.59. The van der Waals surface area contributed by atoms with E-state index in [9.17, 15) is 14.4 Å². The number of ether oxygens (including phenoxy) is 3. The van der Waals surface area contributed by atoms with E-state index in [1.807, 2.05) is 0 Å². The second-order valence-corrected chi connectivity index (χ2v) is 12.6. The molecule has 1 atom stereocenters. The third-order valence-corrected chi connectivity index (χ3v) is 7.79. The highest BCUT2D eigenvalue weighted by molar-refractivity contribution is 5.71. The highest BCUT2D eigenvalue weighted by Gasteiger charge is 2.19. The van der Waals surface area contributed by atoms with E-state index in [-0.39, 0.29) is 31.1 Å². The molecule has 0 aliphatic rings. The van der Waals surface area contributed by atoms with E-state index < -0.39 is 6.10 Å². The highest BCUT2D eigenvalue weighted by Crippen LogP contribution is 2.14. The largest absolute Gasteiger partial charge is 0.462 e. The predicted octanol–water partition coefficient (Wildman–Crippen LogP) is 10.4. The first-order chi connectivity index (χ1) is 20.4. The molecule has 0 saturated heterocycles. The number of rotatable bonds is 31. The SMILES string of the molecule is CCCCCCCCCCCCC(=O)OC[C@H](COC(=O)CCCCCCCCC(C)C)OC(=O)CCCCCCC. The minimum atomic E-state index is -0.755. The van der Waals surface area contributed by atoms with Gasteiger partial charge >= 0.3 is 17.9 Å². The van der Waals surface area contributed by atoms with Gasteiger partial charge in [-0.25, -0.2) is 0 Å². The summed E-state index contributed by atoms with van der Waals surface area (Å²) in [4.78, 5) is 37.0. The summed E-state index contributed by atoms with van der Waals surface area (Å²) in [6, 6.07) is 0. The molecule has 0 spiro atoms. The molecule has 0 rings (SSSR count). The summed E-state index contributed by atoms with van der Waals surface area (Å²) in [7, 11) is 0. The number of hydrogen-bond donors (Lipinski definition) is 0. The zero-order chi connectivity index (χ0) is 31.1. The molecule has 42 heavy (non-hydrogen) atoms. The maximum Gasteiger partial charge on any atom is 0.306 e. The van der Waals surface area contributed by atoms with E-state index in [2.05, 4.69) is 27.7 Å². The fourth-order valence-corrected chi connectivity index (χ4v) is 5.04. The number of unbranched alkanes of at least 4 members (excludes halogenated alkanes) is 18. The quantitative estimate of drug-likeness (QED) is 0.0450. The molecule has 0 saturated carbocycles. The molecule has 0 unspecified atom stereocenters. The topological polar surface area (TPSA) is 78.9 Å². The zero-order valence-electron chi connectivity index (χ0n) is 28.2. The summed E-state index contributed by atoms with van der Waals surface area (Å²) >= 11 is 0. The molecule has 6 heteroatoms. The van der Waals surface area contributed by atoms with Gasteiger partial charge in [-0.05, 0) is 25.2 Å². The Morgan fingerprint density at radius 2 is 0.786 bits per heavy atom. The molecule has 0 aliphatic heterocycles. The Bertz CT molecular complexity index is 632. The maximum atomic E-state index is 12.4. The molecule has 0 N–H and O–H groups in total. The molecule has 0 aromatic heterocycles. The lowest BCUT2D eigenvalue weighted by atomic mass is 10.0. The number of hydrogen-bond acceptors (Lipinski definition) is 6. The first-order valence-corrected chi connectivity index (χ1v) is 17.9. The van der Waals surface area contributed by atoms with Crippen molar-refractivity contribution in [3.8, 4) is 0 Å². The van der Waals surface area contributed by atoms with Crippen molar-refractivity contribution >= 4 is 17.9 Å². The van der Waals surface area contributed by atoms with E-state index in [0.717, 1.165) is 70.1 Å². The maximum absolute atomic E-state index is 12.4. The van der Waals surface area contributed by atoms with Crippen LogP contribution in [0.5, 0.6) is 0 Å². The Labute approximate surface area is 259 Å². The Morgan fingerprint density at radius 3 is 1.17 bits per heavy atom. The molecular weight excluding hydrogens is 528 g/mol. The molecule has 0 aromatic rings. The van der Waals surface area contributed by atoms with Crippen LogP contribution in [0.4, 0.5) is 0 Å². The zero-order valence-corrected chi connectivity index (χ0v) is 28.2. The highest BCUT2D eigenvalue weighted by atomic mass is 16.6. The predicted molar refractivity (Wildman–Crippen MR) is 173 cm³/mol. The van der Waals surface area contributed by atoms with Crippen LogP contribution in [0.15, 0.2) is 0 Å². The van der Waals surface area contributed by atoms with Crippen molar-refractivity contribution in [3.05, 3.63) is 0 Å². The summed E-state index contributed by atoms with van der Waals surface area (Å²) in [5, 5.41) is 0. The second kappa shape index (κ2) is 30.9. The number of carbonyl (C=O) groups is 3. The van der Waals surface area contributed by atoms with Gasteiger partial charge in [0.25, 0.3) is 0 Å². The fourth-order valence-electron chi connectivity index (χ4n) is 5.04. The molecule has 0 heterocycles. The normalized spacial score (nSPS) is 11.9. The summed E-state index contributed by atoms with van der Waals surface area (Å²) in [6.45, 7) is 8.78. The third-order valence-electron chi connectivity index (χ3n) is 7.79. The molecule has 0 bridgehead atoms. The molecule has 0 fully saturated rings. The van der Waals surface area contributed by atoms with E-state index in [1.54, 1.807) is 0 Å². The summed E-state index contributed by atoms with van der Waals surface area (Å²) in [5.74, 6) is -0.125. The van der Waals surface area contributed by atoms with E-state index in [1.165, 1.54) is 77.0 Å². The van der Waals surface area contributed by atoms with Gasteiger partial charge in [0.1, 0.15) is 13.2 Å². The first kappa shape index (κ1) is 40.4. The van der Waals surface area contributed by atoms with Crippen LogP contribution in [0.3, 0.4) is 0 Å². The van der Waals surface area contributed by atoms with Crippen LogP contribution < -0.4 is 0 Å². The lowest BCUT2D eigenvalue weighted by molar-refractivity contribution is -0.167. The minimum Gasteiger partial charge on any atom is -0.462 e. The van der Waals surface area contributed by atoms with Gasteiger partial charge in [0, 0.05) is 19.3 Å². The average Bonchev–Trinajstić information content (AvgIpc) is 2.96. The summed E-state index contributed by atoms with van der Waals surface area (Å²) in [6.07, 6.45) is 25.6. The summed E-state index contributed by atoms with van der Waals surface area (Å²) < 4.78 is 16.4. The van der Waals surface area contributed by atoms with Crippen LogP contribution in [0.1, 0.15) is 188 Å². The van der Waals surface area contributed by atoms with Gasteiger partial charge in [-0.1, -0.05) is 150 Å². The number of carbonyl (C=O) groups excluding carboxylic acids is 3. The van der Waals surface area contributed by atoms with Crippen molar-refractivity contribution in [1.29, 1.82) is 0 Å². The van der Waals surface area contributed by atoms with E-state index in [4.69, 9.17) is 14.2 Å². The smallest absolute Gasteiger partial charge is 0.306 e. The van der Waals surface area contributed by atoms with Gasteiger partial charge < -0.3 is 14.2 Å². The van der Waals surface area contributed by atoms with Crippen molar-refractivity contribution in [3.63, 3.8) is 0 Å². The van der Waals surface area contributed by atoms with Crippen molar-refractivity contribution in [2.45, 2.75) is 194 Å². The minimum absolute atomic E-state index is 0.0676. The fraction of sp³-hybridized carbons (Fsp3) is 0.917. The van der Waals surface area contributed by atoms with Gasteiger partial charge in [0.15, 0.2) is 6.10 Å². The van der Waals surface area contributed by atoms with E-state index >= 15 is 0 Å². The molecular formula is C36H68O6. The van der Waals surface area contributed by atoms with Gasteiger partial charge in [0.05, 0.1) is 0 Å². The monoisotopic (exact) mass is 597 g/mol. The lowest BCUT2D eigenvalue weighted by Crippen LogP contribution is -2.30. The van der Waals surface area contributed by atoms with Crippen LogP contribution in [-0.4, -0.2) is 37.2 Å². The van der Waals surface area contributed by atoms with Crippen LogP contribution >= 0.6 is 0 Å². The lowest BCUT2D eigenvalue weighted by Gasteiger charge is -2.18. The molecule has 0 radical (unpaired) electrons. The van der Waals surface area contributed by atoms with E-state index in [0.29, 0.717) is 19.3 Å². The van der Waals surface area contributed by atoms with Crippen LogP contribution in [0.25, 0.3) is 0 Å². The number of esters is 3. The van der Waals surface area contributed by atoms with Crippen LogP contribution in [0.2, 0.25) is 0 Å². The van der Waals surface area contributed by atoms with Crippen molar-refractivity contribution in [2.75, 3.05) is 13.2 Å². The second-order valence-electron chi connectivity index (χ2n) is 12.6. The first-order valence-electron chi connectivity index (χ1n) is 17.9. The third kappa shape index (κ3) is 29.9. The Balaban J connectivity index is 4.28. The molecule has 248 valence electrons. The van der Waals surface area contributed by atoms with Crippen molar-refractivity contribution < 1.29 is 28.6 Å². The molecule has 6 nitrogen and oxygen atoms in total. The molecule has 0 amide bonds. The van der Waals surface area contributed by atoms with Crippen molar-refractivity contribution in [1.82, 2.24) is 0 Å². The van der Waals surface area contributed by atoms with Crippen molar-refractivity contribution in [2.24, 2.45) is 5.92 Å². The van der Waals surface area contributed by atoms with Gasteiger partial charge in [-0.15, -0.1) is 0 Å². The van der Waals surface area contributed by atoms with Crippen LogP contribution in [0, 0.1) is 5.92 Å². The standard InChI is InChI=1S/C36H68O6/c1-5-7-9-11-12-13-14-15-20-23-27-34(37)40-30-33(42-36(39)29-25-18-10-8-6-2)31-41-35(38)28-24-21-17-16-19-22-26-32(3)4/h32-33H,5-31H2,1-4H3/t33-/m1/s1. The van der Waals surface area contributed by atoms with Gasteiger partial charge in [-0.2, -0.15) is 0 Å². The van der Waals surface area contributed by atoms with Gasteiger partial charge in [0.2, 0.25) is 0 Å². The molecule has 0 aliphatic carbocycles. The molecule has 0 aromatic carbocycles. The average molecular weight is 597 g/mol. The summed E-state index contributed by atoms with van der Waals surface area (Å²) in [5.41, 5.74) is 0.